The monoisotopic (exact) mass is 452 g/mol. The molecular weight excluding hydrogens is 432 g/mol. The van der Waals surface area contributed by atoms with Crippen LogP contribution >= 0.6 is 0 Å². The largest absolute Gasteiger partial charge is 0.294 e. The first kappa shape index (κ1) is 19.0. The molecule has 1 saturated heterocycles. The fourth-order valence-corrected chi connectivity index (χ4v) is 10.2. The molecule has 0 aromatic carbocycles. The minimum absolute atomic E-state index is 0.0549. The lowest BCUT2D eigenvalue weighted by atomic mass is 9.50. The number of fused-ring (bicyclic) bond motifs is 5. The lowest BCUT2D eigenvalue weighted by Gasteiger charge is -2.48. The summed E-state index contributed by atoms with van der Waals surface area (Å²) in [5.41, 5.74) is -2.64. The highest BCUT2D eigenvalue weighted by Gasteiger charge is 2.79. The zero-order valence-corrected chi connectivity index (χ0v) is 18.1. The first-order valence-electron chi connectivity index (χ1n) is 11.1. The molecule has 2 heterocycles. The van der Waals surface area contributed by atoms with Gasteiger partial charge in [-0.1, -0.05) is 17.7 Å². The molecule has 2 fully saturated rings. The molecule has 0 radical (unpaired) electrons. The fourth-order valence-electron chi connectivity index (χ4n) is 8.08. The van der Waals surface area contributed by atoms with Crippen LogP contribution in [-0.4, -0.2) is 49.4 Å². The third kappa shape index (κ3) is 1.66. The van der Waals surface area contributed by atoms with Crippen molar-refractivity contribution >= 4 is 33.0 Å². The van der Waals surface area contributed by atoms with Gasteiger partial charge in [0.2, 0.25) is 0 Å². The van der Waals surface area contributed by atoms with Gasteiger partial charge in [-0.3, -0.25) is 19.2 Å². The normalized spacial score (nSPS) is 47.1. The summed E-state index contributed by atoms with van der Waals surface area (Å²) in [6, 6.07) is 0. The van der Waals surface area contributed by atoms with Crippen LogP contribution in [-0.2, 0) is 29.0 Å². The van der Waals surface area contributed by atoms with E-state index in [-0.39, 0.29) is 53.0 Å². The van der Waals surface area contributed by atoms with Gasteiger partial charge >= 0.3 is 0 Å². The molecule has 32 heavy (non-hydrogen) atoms. The van der Waals surface area contributed by atoms with Gasteiger partial charge in [-0.05, 0) is 32.1 Å². The minimum Gasteiger partial charge on any atom is -0.294 e. The first-order chi connectivity index (χ1) is 15.2. The maximum absolute atomic E-state index is 14.0. The summed E-state index contributed by atoms with van der Waals surface area (Å²) in [4.78, 5) is 55.8. The topological polar surface area (TPSA) is 127 Å². The van der Waals surface area contributed by atoms with Crippen molar-refractivity contribution in [1.29, 1.82) is 0 Å². The lowest BCUT2D eigenvalue weighted by molar-refractivity contribution is -0.146. The van der Waals surface area contributed by atoms with E-state index in [0.717, 1.165) is 0 Å². The van der Waals surface area contributed by atoms with Crippen molar-refractivity contribution in [2.45, 2.75) is 31.7 Å². The standard InChI is InChI=1S/C23H20N2O6S/c1-9-6-13-14(12-4-5-32(30,31)19(9)12)18(27)16-15(17(13)26)20(28)22-8-24-25-23(22,21(16)29)11-3-2-10(22)7-11/h2-3,10-14H,4-8H2,1H3/t10-,11+,12?,13?,14?,22-,23-/m1/s1. The van der Waals surface area contributed by atoms with Crippen LogP contribution in [0.25, 0.3) is 0 Å². The van der Waals surface area contributed by atoms with Crippen molar-refractivity contribution < 1.29 is 27.6 Å². The van der Waals surface area contributed by atoms with Crippen molar-refractivity contribution in [2.24, 2.45) is 45.2 Å². The van der Waals surface area contributed by atoms with Crippen LogP contribution < -0.4 is 0 Å². The van der Waals surface area contributed by atoms with E-state index in [1.807, 2.05) is 12.2 Å². The Morgan fingerprint density at radius 3 is 2.47 bits per heavy atom. The second-order valence-electron chi connectivity index (χ2n) is 10.3. The zero-order valence-electron chi connectivity index (χ0n) is 17.3. The number of carbonyl (C=O) groups is 4. The van der Waals surface area contributed by atoms with Crippen LogP contribution in [0.3, 0.4) is 0 Å². The van der Waals surface area contributed by atoms with E-state index in [9.17, 15) is 27.6 Å². The Kier molecular flexibility index (Phi) is 3.16. The Morgan fingerprint density at radius 1 is 0.969 bits per heavy atom. The van der Waals surface area contributed by atoms with E-state index < -0.39 is 61.7 Å². The highest BCUT2D eigenvalue weighted by molar-refractivity contribution is 7.95. The van der Waals surface area contributed by atoms with Crippen LogP contribution in [0.15, 0.2) is 44.0 Å². The Bertz CT molecular complexity index is 1350. The number of sulfone groups is 1. The second-order valence-corrected chi connectivity index (χ2v) is 12.4. The lowest BCUT2D eigenvalue weighted by Crippen LogP contribution is -2.65. The van der Waals surface area contributed by atoms with Gasteiger partial charge in [0.25, 0.3) is 0 Å². The molecule has 0 spiro atoms. The molecule has 0 N–H and O–H groups in total. The summed E-state index contributed by atoms with van der Waals surface area (Å²) >= 11 is 0. The molecule has 0 aromatic rings. The molecule has 5 aliphatic carbocycles. The molecule has 0 aromatic heterocycles. The molecule has 7 atom stereocenters. The number of carbonyl (C=O) groups excluding carboxylic acids is 4. The molecule has 2 bridgehead atoms. The SMILES string of the molecule is CC1=C2C(CCS2(=O)=O)C2C(=O)C3=C(C(=O)C2C1)C(=O)[C@]12CN=N[C@@]1(C3=O)[C@H]1C=C[C@@H]2C1. The fraction of sp³-hybridized carbons (Fsp3) is 0.565. The van der Waals surface area contributed by atoms with Crippen LogP contribution in [0.4, 0.5) is 0 Å². The highest BCUT2D eigenvalue weighted by atomic mass is 32.2. The number of hydrogen-bond donors (Lipinski definition) is 0. The van der Waals surface area contributed by atoms with Crippen LogP contribution in [0.1, 0.15) is 26.2 Å². The van der Waals surface area contributed by atoms with Gasteiger partial charge in [0.1, 0.15) is 0 Å². The predicted molar refractivity (Wildman–Crippen MR) is 109 cm³/mol. The first-order valence-corrected chi connectivity index (χ1v) is 12.7. The van der Waals surface area contributed by atoms with Gasteiger partial charge in [0, 0.05) is 28.6 Å². The molecule has 164 valence electrons. The average molecular weight is 452 g/mol. The maximum Gasteiger partial charge on any atom is 0.198 e. The molecule has 1 saturated carbocycles. The molecule has 2 aliphatic heterocycles. The number of nitrogens with zero attached hydrogens (tertiary/aromatic N) is 2. The average Bonchev–Trinajstić information content (AvgIpc) is 3.49. The van der Waals surface area contributed by atoms with Crippen LogP contribution in [0, 0.1) is 35.0 Å². The summed E-state index contributed by atoms with van der Waals surface area (Å²) in [6.07, 6.45) is 4.77. The number of azo groups is 1. The minimum atomic E-state index is -3.47. The van der Waals surface area contributed by atoms with Crippen molar-refractivity contribution in [3.8, 4) is 0 Å². The summed E-state index contributed by atoms with van der Waals surface area (Å²) in [5.74, 6) is -4.98. The van der Waals surface area contributed by atoms with E-state index in [0.29, 0.717) is 12.0 Å². The smallest absolute Gasteiger partial charge is 0.198 e. The van der Waals surface area contributed by atoms with Gasteiger partial charge in [-0.2, -0.15) is 10.2 Å². The summed E-state index contributed by atoms with van der Waals surface area (Å²) in [7, 11) is -3.47. The molecule has 0 amide bonds. The highest BCUT2D eigenvalue weighted by Crippen LogP contribution is 2.68. The van der Waals surface area contributed by atoms with Gasteiger partial charge in [-0.25, -0.2) is 8.42 Å². The van der Waals surface area contributed by atoms with Gasteiger partial charge in [-0.15, -0.1) is 0 Å². The summed E-state index contributed by atoms with van der Waals surface area (Å²) in [5, 5.41) is 8.44. The van der Waals surface area contributed by atoms with Crippen molar-refractivity contribution in [3.05, 3.63) is 33.8 Å². The van der Waals surface area contributed by atoms with E-state index in [1.165, 1.54) is 0 Å². The van der Waals surface area contributed by atoms with E-state index in [4.69, 9.17) is 0 Å². The molecule has 8 nitrogen and oxygen atoms in total. The van der Waals surface area contributed by atoms with Crippen molar-refractivity contribution in [1.82, 2.24) is 0 Å². The number of ketones is 4. The van der Waals surface area contributed by atoms with E-state index >= 15 is 0 Å². The predicted octanol–water partition coefficient (Wildman–Crippen LogP) is 1.33. The summed E-state index contributed by atoms with van der Waals surface area (Å²) < 4.78 is 25.3. The summed E-state index contributed by atoms with van der Waals surface area (Å²) in [6.45, 7) is 1.75. The molecule has 9 heteroatoms. The van der Waals surface area contributed by atoms with Gasteiger partial charge in [0.05, 0.1) is 28.9 Å². The third-order valence-electron chi connectivity index (χ3n) is 9.25. The number of rotatable bonds is 0. The van der Waals surface area contributed by atoms with Crippen molar-refractivity contribution in [2.75, 3.05) is 12.3 Å². The second kappa shape index (κ2) is 5.32. The van der Waals surface area contributed by atoms with Gasteiger partial charge < -0.3 is 0 Å². The quantitative estimate of drug-likeness (QED) is 0.403. The van der Waals surface area contributed by atoms with Gasteiger partial charge in [0.15, 0.2) is 38.5 Å². The number of hydrogen-bond acceptors (Lipinski definition) is 8. The maximum atomic E-state index is 14.0. The third-order valence-corrected chi connectivity index (χ3v) is 11.3. The van der Waals surface area contributed by atoms with Crippen molar-refractivity contribution in [3.63, 3.8) is 0 Å². The van der Waals surface area contributed by atoms with E-state index in [2.05, 4.69) is 10.2 Å². The number of allylic oxidation sites excluding steroid dienone is 4. The Hall–Kier alpha value is -2.55. The molecule has 7 aliphatic rings. The van der Waals surface area contributed by atoms with Crippen LogP contribution in [0.2, 0.25) is 0 Å². The van der Waals surface area contributed by atoms with Crippen LogP contribution in [0.5, 0.6) is 0 Å². The Balaban J connectivity index is 1.45. The zero-order chi connectivity index (χ0) is 22.4. The molecule has 3 unspecified atom stereocenters. The number of Topliss-reactive ketones (excluding diaryl/α,β-unsaturated/α-hetero) is 4. The molecule has 7 rings (SSSR count). The molecular formula is C23H20N2O6S. The van der Waals surface area contributed by atoms with E-state index in [1.54, 1.807) is 6.92 Å². The Labute approximate surface area is 183 Å². The Morgan fingerprint density at radius 2 is 1.69 bits per heavy atom.